The van der Waals surface area contributed by atoms with Crippen LogP contribution in [0.25, 0.3) is 0 Å². The van der Waals surface area contributed by atoms with Gasteiger partial charge in [-0.2, -0.15) is 0 Å². The lowest BCUT2D eigenvalue weighted by molar-refractivity contribution is -0.0107. The summed E-state index contributed by atoms with van der Waals surface area (Å²) in [6.45, 7) is 2.40. The minimum absolute atomic E-state index is 0.139. The van der Waals surface area contributed by atoms with E-state index in [1.165, 1.54) is 25.7 Å². The van der Waals surface area contributed by atoms with Gasteiger partial charge in [-0.3, -0.25) is 0 Å². The maximum absolute atomic E-state index is 5.97. The van der Waals surface area contributed by atoms with Crippen LogP contribution in [0.2, 0.25) is 0 Å². The topological polar surface area (TPSA) is 9.23 Å². The van der Waals surface area contributed by atoms with Crippen LogP contribution in [-0.4, -0.2) is 12.2 Å². The van der Waals surface area contributed by atoms with Gasteiger partial charge < -0.3 is 4.74 Å². The van der Waals surface area contributed by atoms with E-state index in [1.807, 2.05) is 6.92 Å². The molecule has 0 spiro atoms. The Hall–Kier alpha value is -1.00. The molecule has 0 atom stereocenters. The highest BCUT2D eigenvalue weighted by Gasteiger charge is 2.37. The average molecular weight is 202 g/mol. The molecule has 0 aliphatic heterocycles. The van der Waals surface area contributed by atoms with Gasteiger partial charge in [0, 0.05) is 0 Å². The van der Waals surface area contributed by atoms with Gasteiger partial charge in [-0.25, -0.2) is 0 Å². The van der Waals surface area contributed by atoms with E-state index in [2.05, 4.69) is 36.1 Å². The lowest BCUT2D eigenvalue weighted by Gasteiger charge is -2.40. The molecule has 0 radical (unpaired) electrons. The van der Waals surface area contributed by atoms with Crippen molar-refractivity contribution in [3.63, 3.8) is 0 Å². The molecule has 2 aliphatic carbocycles. The lowest BCUT2D eigenvalue weighted by Crippen LogP contribution is -2.40. The molecular weight excluding hydrogens is 184 g/mol. The third-order valence-electron chi connectivity index (χ3n) is 3.33. The third kappa shape index (κ3) is 2.16. The Morgan fingerprint density at radius 2 is 1.93 bits per heavy atom. The van der Waals surface area contributed by atoms with E-state index in [4.69, 9.17) is 4.74 Å². The Morgan fingerprint density at radius 3 is 2.53 bits per heavy atom. The molecule has 0 aromatic heterocycles. The number of hydrogen-bond acceptors (Lipinski definition) is 1. The summed E-state index contributed by atoms with van der Waals surface area (Å²) in [5.74, 6) is 6.52. The van der Waals surface area contributed by atoms with E-state index in [-0.39, 0.29) is 5.60 Å². The van der Waals surface area contributed by atoms with Crippen LogP contribution >= 0.6 is 0 Å². The molecule has 0 heterocycles. The van der Waals surface area contributed by atoms with Gasteiger partial charge in [0.1, 0.15) is 12.2 Å². The predicted octanol–water partition coefficient (Wildman–Crippen LogP) is 3.08. The van der Waals surface area contributed by atoms with Crippen molar-refractivity contribution < 1.29 is 4.74 Å². The SMILES string of the molecule is CC#CCOC12C=CCCC1CCC=C2. The molecule has 2 aliphatic rings. The lowest BCUT2D eigenvalue weighted by atomic mass is 9.74. The Morgan fingerprint density at radius 1 is 1.27 bits per heavy atom. The summed E-state index contributed by atoms with van der Waals surface area (Å²) < 4.78 is 5.97. The van der Waals surface area contributed by atoms with Gasteiger partial charge in [0.2, 0.25) is 0 Å². The molecule has 0 aromatic rings. The predicted molar refractivity (Wildman–Crippen MR) is 62.4 cm³/mol. The summed E-state index contributed by atoms with van der Waals surface area (Å²) >= 11 is 0. The van der Waals surface area contributed by atoms with Crippen molar-refractivity contribution in [3.8, 4) is 11.8 Å². The first-order valence-corrected chi connectivity index (χ1v) is 5.76. The molecule has 0 saturated carbocycles. The highest BCUT2D eigenvalue weighted by atomic mass is 16.5. The number of ether oxygens (including phenoxy) is 1. The summed E-state index contributed by atoms with van der Waals surface area (Å²) in [5, 5.41) is 0. The minimum Gasteiger partial charge on any atom is -0.354 e. The highest BCUT2D eigenvalue weighted by molar-refractivity contribution is 5.23. The monoisotopic (exact) mass is 202 g/mol. The van der Waals surface area contributed by atoms with Crippen LogP contribution in [0.1, 0.15) is 32.6 Å². The number of hydrogen-bond donors (Lipinski definition) is 0. The van der Waals surface area contributed by atoms with E-state index in [0.717, 1.165) is 0 Å². The minimum atomic E-state index is -0.139. The van der Waals surface area contributed by atoms with E-state index in [0.29, 0.717) is 12.5 Å². The van der Waals surface area contributed by atoms with Crippen molar-refractivity contribution in [2.75, 3.05) is 6.61 Å². The Bertz CT molecular complexity index is 309. The van der Waals surface area contributed by atoms with E-state index < -0.39 is 0 Å². The van der Waals surface area contributed by atoms with E-state index >= 15 is 0 Å². The van der Waals surface area contributed by atoms with Crippen LogP contribution in [-0.2, 0) is 4.74 Å². The molecule has 0 fully saturated rings. The van der Waals surface area contributed by atoms with Gasteiger partial charge in [0.25, 0.3) is 0 Å². The fourth-order valence-corrected chi connectivity index (χ4v) is 2.50. The van der Waals surface area contributed by atoms with Crippen molar-refractivity contribution in [1.29, 1.82) is 0 Å². The molecule has 80 valence electrons. The summed E-state index contributed by atoms with van der Waals surface area (Å²) in [7, 11) is 0. The van der Waals surface area contributed by atoms with E-state index in [1.54, 1.807) is 0 Å². The zero-order valence-corrected chi connectivity index (χ0v) is 9.33. The molecule has 0 N–H and O–H groups in total. The van der Waals surface area contributed by atoms with Gasteiger partial charge in [0.05, 0.1) is 0 Å². The molecule has 15 heavy (non-hydrogen) atoms. The number of allylic oxidation sites excluding steroid dienone is 2. The zero-order valence-electron chi connectivity index (χ0n) is 9.33. The van der Waals surface area contributed by atoms with Crippen molar-refractivity contribution in [2.45, 2.75) is 38.2 Å². The largest absolute Gasteiger partial charge is 0.354 e. The second-order valence-electron chi connectivity index (χ2n) is 4.23. The summed E-state index contributed by atoms with van der Waals surface area (Å²) in [6.07, 6.45) is 13.8. The van der Waals surface area contributed by atoms with Crippen LogP contribution in [0.15, 0.2) is 24.3 Å². The molecule has 0 aromatic carbocycles. The summed E-state index contributed by atoms with van der Waals surface area (Å²) in [5.41, 5.74) is -0.139. The Labute approximate surface area is 92.2 Å². The molecule has 0 unspecified atom stereocenters. The average Bonchev–Trinajstić information content (AvgIpc) is 2.29. The summed E-state index contributed by atoms with van der Waals surface area (Å²) in [6, 6.07) is 0. The van der Waals surface area contributed by atoms with Gasteiger partial charge in [0.15, 0.2) is 0 Å². The second-order valence-corrected chi connectivity index (χ2v) is 4.23. The Kier molecular flexibility index (Phi) is 3.28. The first-order valence-electron chi connectivity index (χ1n) is 5.76. The smallest absolute Gasteiger partial charge is 0.109 e. The zero-order chi connectivity index (χ0) is 10.6. The van der Waals surface area contributed by atoms with Crippen molar-refractivity contribution in [2.24, 2.45) is 5.92 Å². The first kappa shape index (κ1) is 10.5. The second kappa shape index (κ2) is 4.68. The van der Waals surface area contributed by atoms with Gasteiger partial charge in [-0.1, -0.05) is 30.2 Å². The molecule has 1 heteroatoms. The molecular formula is C14H18O. The van der Waals surface area contributed by atoms with Crippen molar-refractivity contribution in [1.82, 2.24) is 0 Å². The number of rotatable bonds is 2. The molecule has 0 bridgehead atoms. The molecule has 0 saturated heterocycles. The van der Waals surface area contributed by atoms with Crippen LogP contribution < -0.4 is 0 Å². The first-order chi connectivity index (χ1) is 7.37. The normalized spacial score (nSPS) is 33.0. The quantitative estimate of drug-likeness (QED) is 0.494. The van der Waals surface area contributed by atoms with Gasteiger partial charge >= 0.3 is 0 Å². The summed E-state index contributed by atoms with van der Waals surface area (Å²) in [4.78, 5) is 0. The van der Waals surface area contributed by atoms with Gasteiger partial charge in [-0.05, 0) is 38.5 Å². The van der Waals surface area contributed by atoms with Crippen molar-refractivity contribution in [3.05, 3.63) is 24.3 Å². The molecule has 1 nitrogen and oxygen atoms in total. The Balaban J connectivity index is 2.14. The fourth-order valence-electron chi connectivity index (χ4n) is 2.50. The standard InChI is InChI=1S/C14H18O/c1-2-3-12-15-14-10-6-4-8-13(14)9-5-7-11-14/h6-7,10-11,13H,4-5,8-9,12H2,1H3. The van der Waals surface area contributed by atoms with Crippen LogP contribution in [0.3, 0.4) is 0 Å². The van der Waals surface area contributed by atoms with Crippen LogP contribution in [0.5, 0.6) is 0 Å². The van der Waals surface area contributed by atoms with E-state index in [9.17, 15) is 0 Å². The molecule has 0 amide bonds. The molecule has 2 rings (SSSR count). The maximum atomic E-state index is 5.97. The van der Waals surface area contributed by atoms with Crippen molar-refractivity contribution >= 4 is 0 Å². The van der Waals surface area contributed by atoms with Crippen LogP contribution in [0, 0.1) is 17.8 Å². The number of fused-ring (bicyclic) bond motifs is 1. The highest BCUT2D eigenvalue weighted by Crippen LogP contribution is 2.39. The maximum Gasteiger partial charge on any atom is 0.109 e. The third-order valence-corrected chi connectivity index (χ3v) is 3.33. The van der Waals surface area contributed by atoms with Gasteiger partial charge in [-0.15, -0.1) is 5.92 Å². The fraction of sp³-hybridized carbons (Fsp3) is 0.571. The van der Waals surface area contributed by atoms with Crippen LogP contribution in [0.4, 0.5) is 0 Å².